The Morgan fingerprint density at radius 1 is 1.40 bits per heavy atom. The van der Waals surface area contributed by atoms with Gasteiger partial charge >= 0.3 is 0 Å². The number of aromatic nitrogens is 3. The summed E-state index contributed by atoms with van der Waals surface area (Å²) in [5.41, 5.74) is -0.914. The highest BCUT2D eigenvalue weighted by molar-refractivity contribution is 9.10. The van der Waals surface area contributed by atoms with Gasteiger partial charge in [0.15, 0.2) is 0 Å². The minimum absolute atomic E-state index is 0.161. The lowest BCUT2D eigenvalue weighted by molar-refractivity contribution is -0.124. The van der Waals surface area contributed by atoms with E-state index >= 15 is 0 Å². The molecule has 0 aliphatic carbocycles. The zero-order valence-electron chi connectivity index (χ0n) is 13.4. The van der Waals surface area contributed by atoms with Crippen LogP contribution in [0.5, 0.6) is 0 Å². The third-order valence-electron chi connectivity index (χ3n) is 4.30. The molecule has 1 aromatic carbocycles. The number of amides is 1. The maximum Gasteiger partial charge on any atom is 0.264 e. The molecule has 0 radical (unpaired) electrons. The standard InChI is InChI=1S/C15H14BrN5O3S/c1-9-18-19-13-15(2,3-4-21(9)13)14(22)20-25(23,24)12-6-10(8-17)5-11(16)7-12/h5-7H,3-4H2,1-2H3,(H,20,22). The highest BCUT2D eigenvalue weighted by Crippen LogP contribution is 2.34. The first kappa shape index (κ1) is 17.6. The number of nitriles is 1. The summed E-state index contributed by atoms with van der Waals surface area (Å²) in [4.78, 5) is 12.6. The van der Waals surface area contributed by atoms with Gasteiger partial charge in [0, 0.05) is 11.0 Å². The molecular formula is C15H14BrN5O3S. The predicted octanol–water partition coefficient (Wildman–Crippen LogP) is 1.39. The maximum absolute atomic E-state index is 12.7. The summed E-state index contributed by atoms with van der Waals surface area (Å²) < 4.78 is 29.5. The van der Waals surface area contributed by atoms with Crippen molar-refractivity contribution in [1.29, 1.82) is 5.26 Å². The first-order valence-corrected chi connectivity index (χ1v) is 9.63. The number of carbonyl (C=O) groups is 1. The fraction of sp³-hybridized carbons (Fsp3) is 0.333. The van der Waals surface area contributed by atoms with E-state index in [9.17, 15) is 13.2 Å². The second kappa shape index (κ2) is 5.93. The lowest BCUT2D eigenvalue weighted by Crippen LogP contribution is -2.44. The van der Waals surface area contributed by atoms with Crippen LogP contribution in [0.4, 0.5) is 0 Å². The highest BCUT2D eigenvalue weighted by Gasteiger charge is 2.45. The number of carbonyl (C=O) groups excluding carboxylic acids is 1. The van der Waals surface area contributed by atoms with Gasteiger partial charge in [0.25, 0.3) is 10.0 Å². The Morgan fingerprint density at radius 3 is 2.80 bits per heavy atom. The molecule has 10 heteroatoms. The monoisotopic (exact) mass is 423 g/mol. The molecule has 0 saturated heterocycles. The fourth-order valence-corrected chi connectivity index (χ4v) is 4.59. The van der Waals surface area contributed by atoms with Gasteiger partial charge in [-0.05, 0) is 38.5 Å². The Balaban J connectivity index is 1.93. The van der Waals surface area contributed by atoms with Crippen LogP contribution >= 0.6 is 15.9 Å². The molecule has 1 aliphatic rings. The fourth-order valence-electron chi connectivity index (χ4n) is 2.80. The first-order valence-electron chi connectivity index (χ1n) is 7.35. The number of nitrogens with zero attached hydrogens (tertiary/aromatic N) is 4. The molecule has 8 nitrogen and oxygen atoms in total. The third-order valence-corrected chi connectivity index (χ3v) is 6.07. The molecule has 0 bridgehead atoms. The van der Waals surface area contributed by atoms with Gasteiger partial charge in [-0.2, -0.15) is 5.26 Å². The lowest BCUT2D eigenvalue weighted by atomic mass is 9.88. The van der Waals surface area contributed by atoms with Crippen LogP contribution in [-0.4, -0.2) is 29.1 Å². The average molecular weight is 424 g/mol. The van der Waals surface area contributed by atoms with Crippen molar-refractivity contribution in [2.24, 2.45) is 0 Å². The van der Waals surface area contributed by atoms with Crippen LogP contribution < -0.4 is 4.72 Å². The molecule has 3 rings (SSSR count). The van der Waals surface area contributed by atoms with Gasteiger partial charge in [-0.25, -0.2) is 13.1 Å². The van der Waals surface area contributed by atoms with Crippen molar-refractivity contribution in [1.82, 2.24) is 19.5 Å². The number of aryl methyl sites for hydroxylation is 1. The van der Waals surface area contributed by atoms with E-state index in [1.54, 1.807) is 18.4 Å². The second-order valence-electron chi connectivity index (χ2n) is 6.03. The van der Waals surface area contributed by atoms with Crippen LogP contribution in [0.2, 0.25) is 0 Å². The Labute approximate surface area is 153 Å². The van der Waals surface area contributed by atoms with Crippen LogP contribution in [0.15, 0.2) is 27.6 Å². The largest absolute Gasteiger partial charge is 0.314 e. The third kappa shape index (κ3) is 2.94. The van der Waals surface area contributed by atoms with Gasteiger partial charge in [0.1, 0.15) is 17.1 Å². The van der Waals surface area contributed by atoms with Crippen LogP contribution in [0, 0.1) is 18.3 Å². The quantitative estimate of drug-likeness (QED) is 0.796. The van der Waals surface area contributed by atoms with E-state index < -0.39 is 21.3 Å². The van der Waals surface area contributed by atoms with E-state index in [0.717, 1.165) is 0 Å². The molecule has 1 N–H and O–H groups in total. The molecule has 1 unspecified atom stereocenters. The number of halogens is 1. The molecule has 130 valence electrons. The van der Waals surface area contributed by atoms with Crippen molar-refractivity contribution in [2.75, 3.05) is 0 Å². The van der Waals surface area contributed by atoms with E-state index in [1.807, 2.05) is 6.07 Å². The number of sulfonamides is 1. The predicted molar refractivity (Wildman–Crippen MR) is 90.9 cm³/mol. The second-order valence-corrected chi connectivity index (χ2v) is 8.62. The minimum Gasteiger partial charge on any atom is -0.314 e. The summed E-state index contributed by atoms with van der Waals surface area (Å²) in [6, 6.07) is 5.92. The molecule has 1 atom stereocenters. The molecule has 1 amide bonds. The van der Waals surface area contributed by atoms with Gasteiger partial charge in [0.05, 0.1) is 16.5 Å². The Kier molecular flexibility index (Phi) is 4.17. The Hall–Kier alpha value is -2.25. The van der Waals surface area contributed by atoms with E-state index in [0.29, 0.717) is 29.1 Å². The summed E-state index contributed by atoms with van der Waals surface area (Å²) >= 11 is 3.16. The van der Waals surface area contributed by atoms with Crippen molar-refractivity contribution in [3.05, 3.63) is 39.9 Å². The summed E-state index contributed by atoms with van der Waals surface area (Å²) in [5, 5.41) is 17.0. The van der Waals surface area contributed by atoms with Crippen LogP contribution in [-0.2, 0) is 26.8 Å². The molecule has 0 spiro atoms. The number of hydrogen-bond acceptors (Lipinski definition) is 6. The normalized spacial score (nSPS) is 19.3. The van der Waals surface area contributed by atoms with Crippen LogP contribution in [0.25, 0.3) is 0 Å². The summed E-state index contributed by atoms with van der Waals surface area (Å²) in [5.74, 6) is 0.460. The number of fused-ring (bicyclic) bond motifs is 1. The van der Waals surface area contributed by atoms with Gasteiger partial charge in [-0.15, -0.1) is 10.2 Å². The van der Waals surface area contributed by atoms with Crippen molar-refractivity contribution in [3.8, 4) is 6.07 Å². The van der Waals surface area contributed by atoms with E-state index in [4.69, 9.17) is 5.26 Å². The van der Waals surface area contributed by atoms with E-state index in [-0.39, 0.29) is 10.5 Å². The number of rotatable bonds is 3. The van der Waals surface area contributed by atoms with Gasteiger partial charge in [0.2, 0.25) is 5.91 Å². The molecule has 25 heavy (non-hydrogen) atoms. The van der Waals surface area contributed by atoms with Gasteiger partial charge in [-0.1, -0.05) is 15.9 Å². The van der Waals surface area contributed by atoms with Crippen molar-refractivity contribution in [3.63, 3.8) is 0 Å². The SMILES string of the molecule is Cc1nnc2n1CCC2(C)C(=O)NS(=O)(=O)c1cc(Br)cc(C#N)c1. The Bertz CT molecular complexity index is 1020. The molecule has 2 aromatic rings. The molecule has 2 heterocycles. The smallest absolute Gasteiger partial charge is 0.264 e. The highest BCUT2D eigenvalue weighted by atomic mass is 79.9. The molecular weight excluding hydrogens is 410 g/mol. The molecule has 0 saturated carbocycles. The summed E-state index contributed by atoms with van der Waals surface area (Å²) in [6.07, 6.45) is 0.433. The van der Waals surface area contributed by atoms with Crippen molar-refractivity contribution < 1.29 is 13.2 Å². The van der Waals surface area contributed by atoms with Crippen molar-refractivity contribution in [2.45, 2.75) is 37.1 Å². The van der Waals surface area contributed by atoms with Crippen molar-refractivity contribution >= 4 is 31.9 Å². The summed E-state index contributed by atoms with van der Waals surface area (Å²) in [7, 11) is -4.12. The number of benzene rings is 1. The minimum atomic E-state index is -4.12. The zero-order valence-corrected chi connectivity index (χ0v) is 15.8. The molecule has 0 fully saturated rings. The van der Waals surface area contributed by atoms with Crippen LogP contribution in [0.1, 0.15) is 30.6 Å². The average Bonchev–Trinajstić information content (AvgIpc) is 3.09. The zero-order chi connectivity index (χ0) is 18.4. The van der Waals surface area contributed by atoms with E-state index in [1.165, 1.54) is 18.2 Å². The van der Waals surface area contributed by atoms with E-state index in [2.05, 4.69) is 30.8 Å². The molecule has 1 aliphatic heterocycles. The topological polar surface area (TPSA) is 118 Å². The molecule has 1 aromatic heterocycles. The summed E-state index contributed by atoms with van der Waals surface area (Å²) in [6.45, 7) is 3.97. The van der Waals surface area contributed by atoms with Crippen LogP contribution in [0.3, 0.4) is 0 Å². The number of nitrogens with one attached hydrogen (secondary N) is 1. The van der Waals surface area contributed by atoms with Gasteiger partial charge < -0.3 is 4.57 Å². The first-order chi connectivity index (χ1) is 11.7. The lowest BCUT2D eigenvalue weighted by Gasteiger charge is -2.20. The maximum atomic E-state index is 12.7. The number of hydrogen-bond donors (Lipinski definition) is 1. The van der Waals surface area contributed by atoms with Gasteiger partial charge in [-0.3, -0.25) is 4.79 Å². The Morgan fingerprint density at radius 2 is 2.12 bits per heavy atom.